The lowest BCUT2D eigenvalue weighted by atomic mass is 10.1. The molecule has 2 N–H and O–H groups in total. The molecule has 2 fully saturated rings. The van der Waals surface area contributed by atoms with Crippen LogP contribution in [0.5, 0.6) is 11.5 Å². The lowest BCUT2D eigenvalue weighted by Crippen LogP contribution is -2.39. The summed E-state index contributed by atoms with van der Waals surface area (Å²) in [5.41, 5.74) is 3.07. The van der Waals surface area contributed by atoms with Gasteiger partial charge in [0.15, 0.2) is 11.5 Å². The maximum absolute atomic E-state index is 5.59. The summed E-state index contributed by atoms with van der Waals surface area (Å²) >= 11 is 0. The van der Waals surface area contributed by atoms with Gasteiger partial charge in [0.25, 0.3) is 0 Å². The largest absolute Gasteiger partial charge is 0.493 e. The molecule has 10 nitrogen and oxygen atoms in total. The second kappa shape index (κ2) is 11.5. The molecule has 204 valence electrons. The van der Waals surface area contributed by atoms with Gasteiger partial charge >= 0.3 is 0 Å². The maximum Gasteiger partial charge on any atom is 0.225 e. The molecule has 10 heteroatoms. The second-order valence-corrected chi connectivity index (χ2v) is 10.0. The Morgan fingerprint density at radius 2 is 1.72 bits per heavy atom. The van der Waals surface area contributed by atoms with Gasteiger partial charge in [-0.3, -0.25) is 4.90 Å². The van der Waals surface area contributed by atoms with Crippen LogP contribution in [0.2, 0.25) is 0 Å². The van der Waals surface area contributed by atoms with Crippen molar-refractivity contribution in [3.8, 4) is 22.9 Å². The van der Waals surface area contributed by atoms with Gasteiger partial charge in [0.05, 0.1) is 33.0 Å². The molecule has 0 atom stereocenters. The van der Waals surface area contributed by atoms with Gasteiger partial charge in [0, 0.05) is 67.7 Å². The van der Waals surface area contributed by atoms with Crippen molar-refractivity contribution >= 4 is 22.7 Å². The van der Waals surface area contributed by atoms with E-state index in [1.807, 2.05) is 36.5 Å². The summed E-state index contributed by atoms with van der Waals surface area (Å²) in [4.78, 5) is 22.7. The smallest absolute Gasteiger partial charge is 0.225 e. The first-order chi connectivity index (χ1) is 19.2. The Labute approximate surface area is 228 Å². The number of nitrogens with zero attached hydrogens (tertiary/aromatic N) is 5. The summed E-state index contributed by atoms with van der Waals surface area (Å²) < 4.78 is 16.7. The SMILES string of the molecule is COc1cc2nc(NC3CCN(Cc4cnc(-c5ccccc5)[nH]4)CC3)nc(N3CCOCC3)c2cc1OC. The van der Waals surface area contributed by atoms with Gasteiger partial charge in [0.1, 0.15) is 11.6 Å². The van der Waals surface area contributed by atoms with E-state index in [0.717, 1.165) is 79.4 Å². The highest BCUT2D eigenvalue weighted by Gasteiger charge is 2.23. The Hall–Kier alpha value is -3.89. The van der Waals surface area contributed by atoms with Crippen LogP contribution < -0.4 is 19.7 Å². The van der Waals surface area contributed by atoms with Crippen LogP contribution >= 0.6 is 0 Å². The Kier molecular flexibility index (Phi) is 7.46. The molecule has 0 unspecified atom stereocenters. The number of H-pyrrole nitrogens is 1. The summed E-state index contributed by atoms with van der Waals surface area (Å²) in [5, 5.41) is 4.58. The number of hydrogen-bond acceptors (Lipinski definition) is 9. The first-order valence-electron chi connectivity index (χ1n) is 13.5. The third-order valence-corrected chi connectivity index (χ3v) is 7.48. The van der Waals surface area contributed by atoms with E-state index in [4.69, 9.17) is 24.2 Å². The van der Waals surface area contributed by atoms with Crippen molar-refractivity contribution < 1.29 is 14.2 Å². The Bertz CT molecular complexity index is 1400. The van der Waals surface area contributed by atoms with Crippen LogP contribution in [-0.2, 0) is 11.3 Å². The summed E-state index contributed by atoms with van der Waals surface area (Å²) in [6.45, 7) is 5.79. The summed E-state index contributed by atoms with van der Waals surface area (Å²) in [5.74, 6) is 3.80. The zero-order valence-corrected chi connectivity index (χ0v) is 22.5. The molecule has 39 heavy (non-hydrogen) atoms. The van der Waals surface area contributed by atoms with Crippen molar-refractivity contribution in [3.05, 3.63) is 54.4 Å². The number of likely N-dealkylation sites (tertiary alicyclic amines) is 1. The number of piperidine rings is 1. The number of fused-ring (bicyclic) bond motifs is 1. The predicted molar refractivity (Wildman–Crippen MR) is 152 cm³/mol. The van der Waals surface area contributed by atoms with E-state index < -0.39 is 0 Å². The lowest BCUT2D eigenvalue weighted by Gasteiger charge is -2.32. The first-order valence-corrected chi connectivity index (χ1v) is 13.5. The van der Waals surface area contributed by atoms with Crippen LogP contribution in [0.15, 0.2) is 48.7 Å². The molecule has 2 aliphatic heterocycles. The average Bonchev–Trinajstić information content (AvgIpc) is 3.46. The summed E-state index contributed by atoms with van der Waals surface area (Å²) in [6, 6.07) is 14.4. The first kappa shape index (κ1) is 25.4. The van der Waals surface area contributed by atoms with E-state index in [9.17, 15) is 0 Å². The normalized spacial score (nSPS) is 16.9. The number of morpholine rings is 1. The monoisotopic (exact) mass is 529 g/mol. The van der Waals surface area contributed by atoms with Crippen molar-refractivity contribution in [2.75, 3.05) is 63.8 Å². The quantitative estimate of drug-likeness (QED) is 0.351. The van der Waals surface area contributed by atoms with Crippen molar-refractivity contribution in [1.29, 1.82) is 0 Å². The minimum atomic E-state index is 0.304. The van der Waals surface area contributed by atoms with Gasteiger partial charge < -0.3 is 29.4 Å². The average molecular weight is 530 g/mol. The number of rotatable bonds is 8. The molecule has 4 heterocycles. The van der Waals surface area contributed by atoms with Crippen LogP contribution in [0.3, 0.4) is 0 Å². The number of hydrogen-bond donors (Lipinski definition) is 2. The molecule has 0 spiro atoms. The number of benzene rings is 2. The maximum atomic E-state index is 5.59. The fourth-order valence-electron chi connectivity index (χ4n) is 5.36. The van der Waals surface area contributed by atoms with Crippen LogP contribution in [0.1, 0.15) is 18.5 Å². The predicted octanol–water partition coefficient (Wildman–Crippen LogP) is 3.95. The number of imidazole rings is 1. The number of aromatic nitrogens is 4. The third-order valence-electron chi connectivity index (χ3n) is 7.48. The van der Waals surface area contributed by atoms with Crippen molar-refractivity contribution in [2.24, 2.45) is 0 Å². The Morgan fingerprint density at radius 1 is 0.974 bits per heavy atom. The van der Waals surface area contributed by atoms with Gasteiger partial charge in [0.2, 0.25) is 5.95 Å². The molecular formula is C29H35N7O3. The number of aromatic amines is 1. The Morgan fingerprint density at radius 3 is 2.46 bits per heavy atom. The van der Waals surface area contributed by atoms with Crippen LogP contribution in [-0.4, -0.2) is 84.5 Å². The van der Waals surface area contributed by atoms with Crippen LogP contribution in [0, 0.1) is 0 Å². The van der Waals surface area contributed by atoms with Crippen molar-refractivity contribution in [2.45, 2.75) is 25.4 Å². The van der Waals surface area contributed by atoms with E-state index >= 15 is 0 Å². The lowest BCUT2D eigenvalue weighted by molar-refractivity contribution is 0.122. The Balaban J connectivity index is 1.15. The summed E-state index contributed by atoms with van der Waals surface area (Å²) in [6.07, 6.45) is 3.98. The van der Waals surface area contributed by atoms with E-state index in [-0.39, 0.29) is 0 Å². The van der Waals surface area contributed by atoms with Crippen molar-refractivity contribution in [3.63, 3.8) is 0 Å². The van der Waals surface area contributed by atoms with Gasteiger partial charge in [-0.15, -0.1) is 0 Å². The fraction of sp³-hybridized carbons (Fsp3) is 0.414. The minimum absolute atomic E-state index is 0.304. The number of anilines is 2. The van der Waals surface area contributed by atoms with Gasteiger partial charge in [-0.25, -0.2) is 9.97 Å². The topological polar surface area (TPSA) is 101 Å². The highest BCUT2D eigenvalue weighted by Crippen LogP contribution is 2.36. The fourth-order valence-corrected chi connectivity index (χ4v) is 5.36. The molecule has 2 aromatic carbocycles. The molecule has 2 aromatic heterocycles. The highest BCUT2D eigenvalue weighted by atomic mass is 16.5. The molecule has 0 saturated carbocycles. The molecular weight excluding hydrogens is 494 g/mol. The minimum Gasteiger partial charge on any atom is -0.493 e. The number of ether oxygens (including phenoxy) is 3. The zero-order chi connectivity index (χ0) is 26.6. The van der Waals surface area contributed by atoms with Gasteiger partial charge in [-0.1, -0.05) is 30.3 Å². The van der Waals surface area contributed by atoms with E-state index in [2.05, 4.69) is 37.2 Å². The third kappa shape index (κ3) is 5.62. The summed E-state index contributed by atoms with van der Waals surface area (Å²) in [7, 11) is 3.29. The van der Waals surface area contributed by atoms with Gasteiger partial charge in [-0.05, 0) is 18.9 Å². The molecule has 0 amide bonds. The van der Waals surface area contributed by atoms with E-state index in [1.54, 1.807) is 14.2 Å². The molecule has 0 bridgehead atoms. The van der Waals surface area contributed by atoms with E-state index in [1.165, 1.54) is 0 Å². The second-order valence-electron chi connectivity index (χ2n) is 10.0. The number of nitrogens with one attached hydrogen (secondary N) is 2. The molecule has 6 rings (SSSR count). The zero-order valence-electron chi connectivity index (χ0n) is 22.5. The number of methoxy groups -OCH3 is 2. The molecule has 4 aromatic rings. The van der Waals surface area contributed by atoms with Crippen molar-refractivity contribution in [1.82, 2.24) is 24.8 Å². The van der Waals surface area contributed by atoms with Crippen LogP contribution in [0.25, 0.3) is 22.3 Å². The molecule has 2 aliphatic rings. The van der Waals surface area contributed by atoms with Gasteiger partial charge in [-0.2, -0.15) is 4.98 Å². The molecule has 0 radical (unpaired) electrons. The van der Waals surface area contributed by atoms with Crippen LogP contribution in [0.4, 0.5) is 11.8 Å². The molecule has 0 aliphatic carbocycles. The molecule has 2 saturated heterocycles. The van der Waals surface area contributed by atoms with E-state index in [0.29, 0.717) is 36.7 Å². The highest BCUT2D eigenvalue weighted by molar-refractivity contribution is 5.93. The standard InChI is InChI=1S/C29H35N7O3/c1-37-25-16-23-24(17-26(25)38-2)33-29(34-28(23)36-12-14-39-15-13-36)32-21-8-10-35(11-9-21)19-22-18-30-27(31-22)20-6-4-3-5-7-20/h3-7,16-18,21H,8-15,19H2,1-2H3,(H,30,31)(H,32,33,34).